The number of hydrogen-bond acceptors (Lipinski definition) is 5. The number of halogens is 1. The van der Waals surface area contributed by atoms with Crippen LogP contribution in [0.3, 0.4) is 0 Å². The van der Waals surface area contributed by atoms with Gasteiger partial charge >= 0.3 is 0 Å². The third-order valence-corrected chi connectivity index (χ3v) is 6.10. The van der Waals surface area contributed by atoms with Gasteiger partial charge in [0.2, 0.25) is 5.91 Å². The van der Waals surface area contributed by atoms with Crippen LogP contribution in [-0.4, -0.2) is 56.7 Å². The van der Waals surface area contributed by atoms with Gasteiger partial charge in [0, 0.05) is 49.7 Å². The predicted molar refractivity (Wildman–Crippen MR) is 128 cm³/mol. The number of hydrogen-bond donors (Lipinski definition) is 1. The Kier molecular flexibility index (Phi) is 5.83. The summed E-state index contributed by atoms with van der Waals surface area (Å²) in [7, 11) is 0. The SMILES string of the molecule is O=C(CCc1nc2c(cnn2-c2ccccc2)c(=O)[nH]1)N1CCN(c2cccc(Cl)c2)CC1. The van der Waals surface area contributed by atoms with E-state index in [9.17, 15) is 9.59 Å². The molecule has 1 amide bonds. The molecule has 1 aliphatic heterocycles. The number of para-hydroxylation sites is 1. The molecular weight excluding hydrogens is 440 g/mol. The lowest BCUT2D eigenvalue weighted by Gasteiger charge is -2.36. The van der Waals surface area contributed by atoms with Crippen LogP contribution >= 0.6 is 11.6 Å². The van der Waals surface area contributed by atoms with Crippen molar-refractivity contribution in [3.8, 4) is 5.69 Å². The minimum atomic E-state index is -0.250. The molecule has 0 radical (unpaired) electrons. The van der Waals surface area contributed by atoms with Gasteiger partial charge in [-0.2, -0.15) is 5.10 Å². The largest absolute Gasteiger partial charge is 0.368 e. The fraction of sp³-hybridized carbons (Fsp3) is 0.250. The molecule has 0 aliphatic carbocycles. The topological polar surface area (TPSA) is 87.1 Å². The van der Waals surface area contributed by atoms with E-state index in [1.807, 2.05) is 59.5 Å². The smallest absolute Gasteiger partial charge is 0.262 e. The molecule has 168 valence electrons. The maximum absolute atomic E-state index is 12.8. The molecule has 0 atom stereocenters. The van der Waals surface area contributed by atoms with Gasteiger partial charge in [0.1, 0.15) is 11.2 Å². The van der Waals surface area contributed by atoms with Gasteiger partial charge in [-0.3, -0.25) is 9.59 Å². The molecule has 5 rings (SSSR count). The van der Waals surface area contributed by atoms with E-state index < -0.39 is 0 Å². The predicted octanol–water partition coefficient (Wildman–Crippen LogP) is 3.04. The van der Waals surface area contributed by atoms with E-state index in [4.69, 9.17) is 11.6 Å². The Labute approximate surface area is 195 Å². The minimum absolute atomic E-state index is 0.0556. The van der Waals surface area contributed by atoms with Gasteiger partial charge in [0.15, 0.2) is 5.65 Å². The van der Waals surface area contributed by atoms with Crippen LogP contribution in [0.15, 0.2) is 65.6 Å². The maximum Gasteiger partial charge on any atom is 0.262 e. The van der Waals surface area contributed by atoms with Crippen molar-refractivity contribution in [3.63, 3.8) is 0 Å². The average Bonchev–Trinajstić information content (AvgIpc) is 3.28. The Bertz CT molecular complexity index is 1340. The van der Waals surface area contributed by atoms with Crippen molar-refractivity contribution in [1.29, 1.82) is 0 Å². The van der Waals surface area contributed by atoms with Gasteiger partial charge in [0.05, 0.1) is 11.9 Å². The van der Waals surface area contributed by atoms with Crippen LogP contribution in [0.5, 0.6) is 0 Å². The second kappa shape index (κ2) is 9.07. The first-order chi connectivity index (χ1) is 16.1. The molecule has 0 saturated carbocycles. The molecule has 8 nitrogen and oxygen atoms in total. The number of aromatic nitrogens is 4. The van der Waals surface area contributed by atoms with Crippen molar-refractivity contribution >= 4 is 34.2 Å². The third-order valence-electron chi connectivity index (χ3n) is 5.87. The molecule has 2 aromatic heterocycles. The van der Waals surface area contributed by atoms with Crippen molar-refractivity contribution in [2.24, 2.45) is 0 Å². The summed E-state index contributed by atoms with van der Waals surface area (Å²) in [6.07, 6.45) is 2.16. The molecule has 2 aromatic carbocycles. The fourth-order valence-electron chi connectivity index (χ4n) is 4.11. The summed E-state index contributed by atoms with van der Waals surface area (Å²) in [6.45, 7) is 2.80. The summed E-state index contributed by atoms with van der Waals surface area (Å²) in [5.74, 6) is 0.538. The van der Waals surface area contributed by atoms with Crippen molar-refractivity contribution in [2.45, 2.75) is 12.8 Å². The highest BCUT2D eigenvalue weighted by Gasteiger charge is 2.22. The molecule has 0 spiro atoms. The van der Waals surface area contributed by atoms with Crippen LogP contribution in [0.4, 0.5) is 5.69 Å². The number of benzene rings is 2. The molecule has 0 bridgehead atoms. The Hall–Kier alpha value is -3.65. The van der Waals surface area contributed by atoms with Crippen LogP contribution in [0.25, 0.3) is 16.7 Å². The maximum atomic E-state index is 12.8. The molecule has 0 unspecified atom stereocenters. The Morgan fingerprint density at radius 2 is 1.76 bits per heavy atom. The lowest BCUT2D eigenvalue weighted by atomic mass is 10.2. The number of piperazine rings is 1. The first-order valence-corrected chi connectivity index (χ1v) is 11.3. The number of carbonyl (C=O) groups is 1. The molecule has 1 N–H and O–H groups in total. The lowest BCUT2D eigenvalue weighted by Crippen LogP contribution is -2.48. The molecule has 1 fully saturated rings. The molecule has 1 saturated heterocycles. The highest BCUT2D eigenvalue weighted by Crippen LogP contribution is 2.21. The summed E-state index contributed by atoms with van der Waals surface area (Å²) in [6, 6.07) is 17.3. The van der Waals surface area contributed by atoms with Crippen molar-refractivity contribution < 1.29 is 4.79 Å². The number of carbonyl (C=O) groups excluding carboxylic acids is 1. The van der Waals surface area contributed by atoms with Crippen LogP contribution < -0.4 is 10.5 Å². The number of nitrogens with zero attached hydrogens (tertiary/aromatic N) is 5. The molecule has 9 heteroatoms. The number of amides is 1. The second-order valence-electron chi connectivity index (χ2n) is 7.99. The molecular formula is C24H23ClN6O2. The number of H-pyrrole nitrogens is 1. The van der Waals surface area contributed by atoms with Crippen molar-refractivity contribution in [1.82, 2.24) is 24.6 Å². The van der Waals surface area contributed by atoms with Crippen LogP contribution in [0.2, 0.25) is 5.02 Å². The van der Waals surface area contributed by atoms with Gasteiger partial charge < -0.3 is 14.8 Å². The Morgan fingerprint density at radius 3 is 2.52 bits per heavy atom. The number of aryl methyl sites for hydroxylation is 1. The summed E-state index contributed by atoms with van der Waals surface area (Å²) >= 11 is 6.10. The lowest BCUT2D eigenvalue weighted by molar-refractivity contribution is -0.131. The van der Waals surface area contributed by atoms with E-state index in [1.165, 1.54) is 6.20 Å². The summed E-state index contributed by atoms with van der Waals surface area (Å²) in [5, 5.41) is 5.45. The number of anilines is 1. The van der Waals surface area contributed by atoms with Crippen molar-refractivity contribution in [3.05, 3.63) is 82.0 Å². The summed E-state index contributed by atoms with van der Waals surface area (Å²) in [4.78, 5) is 36.8. The van der Waals surface area contributed by atoms with Gasteiger partial charge in [-0.05, 0) is 30.3 Å². The minimum Gasteiger partial charge on any atom is -0.368 e. The number of rotatable bonds is 5. The zero-order valence-electron chi connectivity index (χ0n) is 17.9. The van der Waals surface area contributed by atoms with Gasteiger partial charge in [-0.1, -0.05) is 35.9 Å². The quantitative estimate of drug-likeness (QED) is 0.492. The fourth-order valence-corrected chi connectivity index (χ4v) is 4.30. The van der Waals surface area contributed by atoms with E-state index in [0.717, 1.165) is 24.5 Å². The van der Waals surface area contributed by atoms with E-state index in [2.05, 4.69) is 20.0 Å². The highest BCUT2D eigenvalue weighted by molar-refractivity contribution is 6.30. The summed E-state index contributed by atoms with van der Waals surface area (Å²) in [5.41, 5.74) is 2.13. The zero-order chi connectivity index (χ0) is 22.8. The average molecular weight is 463 g/mol. The number of fused-ring (bicyclic) bond motifs is 1. The third kappa shape index (κ3) is 4.47. The highest BCUT2D eigenvalue weighted by atomic mass is 35.5. The van der Waals surface area contributed by atoms with E-state index in [1.54, 1.807) is 4.68 Å². The Morgan fingerprint density at radius 1 is 1.00 bits per heavy atom. The monoisotopic (exact) mass is 462 g/mol. The number of aromatic amines is 1. The Balaban J connectivity index is 1.24. The van der Waals surface area contributed by atoms with E-state index >= 15 is 0 Å². The van der Waals surface area contributed by atoms with Gasteiger partial charge in [-0.25, -0.2) is 9.67 Å². The molecule has 3 heterocycles. The van der Waals surface area contributed by atoms with Crippen LogP contribution in [0, 0.1) is 0 Å². The standard InChI is InChI=1S/C24H23ClN6O2/c25-17-5-4-8-19(15-17)29-11-13-30(14-12-29)22(32)10-9-21-27-23-20(24(33)28-21)16-26-31(23)18-6-2-1-3-7-18/h1-8,15-16H,9-14H2,(H,27,28,33). The summed E-state index contributed by atoms with van der Waals surface area (Å²) < 4.78 is 1.64. The molecule has 4 aromatic rings. The van der Waals surface area contributed by atoms with Gasteiger partial charge in [-0.15, -0.1) is 0 Å². The van der Waals surface area contributed by atoms with Crippen LogP contribution in [0.1, 0.15) is 12.2 Å². The zero-order valence-corrected chi connectivity index (χ0v) is 18.7. The normalized spacial score (nSPS) is 14.1. The van der Waals surface area contributed by atoms with Crippen molar-refractivity contribution in [2.75, 3.05) is 31.1 Å². The first-order valence-electron chi connectivity index (χ1n) is 10.9. The second-order valence-corrected chi connectivity index (χ2v) is 8.43. The van der Waals surface area contributed by atoms with E-state index in [0.29, 0.717) is 41.4 Å². The molecule has 1 aliphatic rings. The van der Waals surface area contributed by atoms with Gasteiger partial charge in [0.25, 0.3) is 5.56 Å². The van der Waals surface area contributed by atoms with E-state index in [-0.39, 0.29) is 17.9 Å². The first kappa shape index (κ1) is 21.2. The number of nitrogens with one attached hydrogen (secondary N) is 1. The molecule has 33 heavy (non-hydrogen) atoms. The van der Waals surface area contributed by atoms with Crippen LogP contribution in [-0.2, 0) is 11.2 Å².